The molecule has 0 saturated carbocycles. The summed E-state index contributed by atoms with van der Waals surface area (Å²) < 4.78 is 96.8. The number of esters is 11. The highest BCUT2D eigenvalue weighted by Gasteiger charge is 2.59. The van der Waals surface area contributed by atoms with E-state index in [0.29, 0.717) is 6.42 Å². The maximum atomic E-state index is 13.0. The Balaban J connectivity index is 2.17. The minimum Gasteiger partial charge on any atom is -0.466 e. The molecule has 15 atom stereocenters. The molecule has 0 aromatic rings. The van der Waals surface area contributed by atoms with E-state index >= 15 is 0 Å². The highest BCUT2D eigenvalue weighted by Crippen LogP contribution is 2.37. The predicted molar refractivity (Wildman–Crippen MR) is 226 cm³/mol. The molecule has 3 heterocycles. The number of ether oxygens (including phenoxy) is 17. The maximum absolute atomic E-state index is 13.0. The topological polar surface area (TPSA) is 345 Å². The Kier molecular flexibility index (Phi) is 24.1. The van der Waals surface area contributed by atoms with Crippen LogP contribution < -0.4 is 0 Å². The smallest absolute Gasteiger partial charge is 0.303 e. The van der Waals surface area contributed by atoms with Gasteiger partial charge in [0, 0.05) is 76.2 Å². The summed E-state index contributed by atoms with van der Waals surface area (Å²) in [6, 6.07) is 0. The third-order valence-electron chi connectivity index (χ3n) is 9.93. The van der Waals surface area contributed by atoms with Crippen LogP contribution in [0.25, 0.3) is 0 Å². The third kappa shape index (κ3) is 19.5. The quantitative estimate of drug-likeness (QED) is 0.0707. The lowest BCUT2D eigenvalue weighted by Crippen LogP contribution is -2.67. The van der Waals surface area contributed by atoms with E-state index in [2.05, 4.69) is 0 Å². The Labute approximate surface area is 412 Å². The van der Waals surface area contributed by atoms with E-state index in [1.165, 1.54) is 6.92 Å². The molecule has 28 heteroatoms. The molecule has 0 radical (unpaired) electrons. The first-order chi connectivity index (χ1) is 33.8. The van der Waals surface area contributed by atoms with Gasteiger partial charge in [-0.15, -0.1) is 0 Å². The van der Waals surface area contributed by atoms with Gasteiger partial charge in [0.05, 0.1) is 19.8 Å². The second-order valence-electron chi connectivity index (χ2n) is 16.2. The molecule has 3 saturated heterocycles. The monoisotopic (exact) mass is 1040 g/mol. The number of hydrogen-bond acceptors (Lipinski definition) is 28. The van der Waals surface area contributed by atoms with Crippen molar-refractivity contribution in [3.8, 4) is 0 Å². The molecule has 406 valence electrons. The first-order valence-electron chi connectivity index (χ1n) is 22.4. The van der Waals surface area contributed by atoms with Gasteiger partial charge in [0.15, 0.2) is 67.7 Å². The second kappa shape index (κ2) is 28.8. The highest BCUT2D eigenvalue weighted by molar-refractivity contribution is 5.70. The number of carbonyl (C=O) groups is 11. The summed E-state index contributed by atoms with van der Waals surface area (Å²) in [5.74, 6) is -9.89. The van der Waals surface area contributed by atoms with Crippen molar-refractivity contribution in [2.75, 3.05) is 33.0 Å². The lowest BCUT2D eigenvalue weighted by atomic mass is 9.95. The summed E-state index contributed by atoms with van der Waals surface area (Å²) in [4.78, 5) is 136. The Hall–Kier alpha value is -6.07. The molecule has 0 unspecified atom stereocenters. The molecule has 0 aromatic heterocycles. The average Bonchev–Trinajstić information content (AvgIpc) is 3.24. The summed E-state index contributed by atoms with van der Waals surface area (Å²) in [5, 5.41) is 0. The molecule has 3 aliphatic heterocycles. The van der Waals surface area contributed by atoms with Gasteiger partial charge in [0.1, 0.15) is 37.6 Å². The molecular formula is C44H62O28. The molecule has 3 fully saturated rings. The van der Waals surface area contributed by atoms with E-state index in [1.54, 1.807) is 0 Å². The molecule has 0 aliphatic carbocycles. The first-order valence-corrected chi connectivity index (χ1v) is 22.4. The molecule has 28 nitrogen and oxygen atoms in total. The van der Waals surface area contributed by atoms with Crippen LogP contribution in [0.5, 0.6) is 0 Å². The normalized spacial score (nSPS) is 29.9. The van der Waals surface area contributed by atoms with Gasteiger partial charge in [0.25, 0.3) is 0 Å². The van der Waals surface area contributed by atoms with Gasteiger partial charge >= 0.3 is 65.7 Å². The van der Waals surface area contributed by atoms with Crippen LogP contribution in [0.15, 0.2) is 0 Å². The zero-order valence-electron chi connectivity index (χ0n) is 41.5. The van der Waals surface area contributed by atoms with Crippen LogP contribution in [0, 0.1) is 0 Å². The number of hydrogen-bond donors (Lipinski definition) is 0. The van der Waals surface area contributed by atoms with Crippen molar-refractivity contribution in [1.29, 1.82) is 0 Å². The zero-order valence-corrected chi connectivity index (χ0v) is 41.5. The number of carbonyl (C=O) groups excluding carboxylic acids is 11. The van der Waals surface area contributed by atoms with Crippen molar-refractivity contribution in [3.63, 3.8) is 0 Å². The van der Waals surface area contributed by atoms with E-state index < -0.39 is 178 Å². The Bertz CT molecular complexity index is 1940. The highest BCUT2D eigenvalue weighted by atomic mass is 16.8. The van der Waals surface area contributed by atoms with Gasteiger partial charge in [-0.3, -0.25) is 52.7 Å². The van der Waals surface area contributed by atoms with E-state index in [4.69, 9.17) is 80.5 Å². The van der Waals surface area contributed by atoms with Crippen LogP contribution in [0.4, 0.5) is 0 Å². The van der Waals surface area contributed by atoms with Crippen molar-refractivity contribution in [2.45, 2.75) is 181 Å². The Morgan fingerprint density at radius 3 is 0.972 bits per heavy atom. The van der Waals surface area contributed by atoms with Gasteiger partial charge in [-0.1, -0.05) is 0 Å². The van der Waals surface area contributed by atoms with Crippen LogP contribution in [0.1, 0.15) is 89.0 Å². The Morgan fingerprint density at radius 2 is 0.583 bits per heavy atom. The maximum Gasteiger partial charge on any atom is 0.303 e. The molecular weight excluding hydrogens is 976 g/mol. The van der Waals surface area contributed by atoms with Crippen molar-refractivity contribution in [2.24, 2.45) is 0 Å². The lowest BCUT2D eigenvalue weighted by molar-refractivity contribution is -0.366. The number of rotatable bonds is 23. The van der Waals surface area contributed by atoms with Gasteiger partial charge in [-0.05, 0) is 12.8 Å². The predicted octanol–water partition coefficient (Wildman–Crippen LogP) is -0.497. The SMILES string of the molecule is CC(=O)OCCCCO[C@@H]1O[C@H](CO[C@@H]2O[C@H](COC(C)=O)[C@@H](O[C@@H]3O[C@H](COC(C)=O)[C@H](OC(C)=O)[C@H](OC(C)=O)[C@H]3OC(C)=O)[C@H](OC(C)=O)[C@H]2OC(C)=O)[C@@H](OC(C)=O)[C@H](OC(C)=O)[C@H]1OC(C)=O. The molecule has 0 bridgehead atoms. The van der Waals surface area contributed by atoms with Crippen LogP contribution in [0.2, 0.25) is 0 Å². The fraction of sp³-hybridized carbons (Fsp3) is 0.750. The van der Waals surface area contributed by atoms with Crippen LogP contribution >= 0.6 is 0 Å². The summed E-state index contributed by atoms with van der Waals surface area (Å²) in [6.45, 7) is 9.07. The van der Waals surface area contributed by atoms with Gasteiger partial charge < -0.3 is 80.5 Å². The van der Waals surface area contributed by atoms with Crippen LogP contribution in [-0.4, -0.2) is 191 Å². The fourth-order valence-corrected chi connectivity index (χ4v) is 7.54. The summed E-state index contributed by atoms with van der Waals surface area (Å²) in [5.41, 5.74) is 0. The van der Waals surface area contributed by atoms with E-state index in [-0.39, 0.29) is 19.6 Å². The van der Waals surface area contributed by atoms with Crippen molar-refractivity contribution >= 4 is 65.7 Å². The molecule has 0 aromatic carbocycles. The van der Waals surface area contributed by atoms with Gasteiger partial charge in [0.2, 0.25) is 0 Å². The third-order valence-corrected chi connectivity index (χ3v) is 9.93. The zero-order chi connectivity index (χ0) is 54.0. The van der Waals surface area contributed by atoms with Crippen molar-refractivity contribution in [3.05, 3.63) is 0 Å². The van der Waals surface area contributed by atoms with E-state index in [9.17, 15) is 52.7 Å². The van der Waals surface area contributed by atoms with E-state index in [0.717, 1.165) is 69.2 Å². The Morgan fingerprint density at radius 1 is 0.292 bits per heavy atom. The molecule has 72 heavy (non-hydrogen) atoms. The van der Waals surface area contributed by atoms with Crippen LogP contribution in [0.3, 0.4) is 0 Å². The molecule has 0 spiro atoms. The summed E-state index contributed by atoms with van der Waals surface area (Å²) in [6.07, 6.45) is -25.1. The second-order valence-corrected chi connectivity index (χ2v) is 16.2. The van der Waals surface area contributed by atoms with Gasteiger partial charge in [-0.2, -0.15) is 0 Å². The van der Waals surface area contributed by atoms with Gasteiger partial charge in [-0.25, -0.2) is 0 Å². The molecule has 0 N–H and O–H groups in total. The first kappa shape index (κ1) is 60.2. The molecule has 3 aliphatic rings. The standard InChI is InChI=1S/C44H62O28/c1-19(45)56-14-12-13-15-57-42-39(66-27(9)53)36(63-24(6)50)34(62-23(5)49)32(69-42)18-60-43-40(67-28(10)54)38(65-26(8)52)35(31(70-43)17-59-21(3)47)72-44-41(68-29(11)55)37(64-25(7)51)33(61-22(4)48)30(71-44)16-58-20(2)46/h30-44H,12-18H2,1-11H3/t30-,31-,32-,33+,34-,35-,36+,37+,38+,39-,40-,41-,42-,43-,44+/m1/s1. The average molecular weight is 1040 g/mol. The lowest BCUT2D eigenvalue weighted by Gasteiger charge is -2.49. The van der Waals surface area contributed by atoms with Crippen LogP contribution in [-0.2, 0) is 133 Å². The van der Waals surface area contributed by atoms with Crippen molar-refractivity contribution in [1.82, 2.24) is 0 Å². The summed E-state index contributed by atoms with van der Waals surface area (Å²) >= 11 is 0. The largest absolute Gasteiger partial charge is 0.466 e. The fourth-order valence-electron chi connectivity index (χ4n) is 7.54. The number of unbranched alkanes of at least 4 members (excludes halogenated alkanes) is 1. The van der Waals surface area contributed by atoms with E-state index in [1.807, 2.05) is 0 Å². The summed E-state index contributed by atoms with van der Waals surface area (Å²) in [7, 11) is 0. The molecule has 3 rings (SSSR count). The minimum absolute atomic E-state index is 0.0463. The van der Waals surface area contributed by atoms with Crippen molar-refractivity contribution < 1.29 is 133 Å². The minimum atomic E-state index is -1.96. The molecule has 0 amide bonds.